The number of unbranched alkanes of at least 4 members (excludes halogenated alkanes) is 1. The minimum atomic E-state index is -0.710. The number of benzene rings is 1. The molecule has 2 heterocycles. The molecular formula is C18H17N3O4. The number of carbonyl (C=O) groups is 1. The van der Waals surface area contributed by atoms with E-state index in [1.54, 1.807) is 16.7 Å². The molecule has 3 aromatic rings. The van der Waals surface area contributed by atoms with Gasteiger partial charge in [0.15, 0.2) is 5.75 Å². The van der Waals surface area contributed by atoms with Gasteiger partial charge in [0, 0.05) is 17.8 Å². The van der Waals surface area contributed by atoms with E-state index >= 15 is 0 Å². The Labute approximate surface area is 143 Å². The molecule has 0 fully saturated rings. The first-order chi connectivity index (χ1) is 12.0. The van der Waals surface area contributed by atoms with Gasteiger partial charge in [-0.05, 0) is 37.1 Å². The molecule has 0 aliphatic heterocycles. The van der Waals surface area contributed by atoms with E-state index in [2.05, 4.69) is 11.9 Å². The fourth-order valence-electron chi connectivity index (χ4n) is 2.75. The van der Waals surface area contributed by atoms with E-state index in [1.165, 1.54) is 12.1 Å². The fraction of sp³-hybridized carbons (Fsp3) is 0.222. The average molecular weight is 339 g/mol. The number of hydrogen-bond acceptors (Lipinski definition) is 5. The molecule has 3 rings (SSSR count). The number of rotatable bonds is 6. The van der Waals surface area contributed by atoms with Crippen LogP contribution in [0.5, 0.6) is 5.75 Å². The third kappa shape index (κ3) is 3.08. The zero-order chi connectivity index (χ0) is 18.0. The first kappa shape index (κ1) is 16.6. The van der Waals surface area contributed by atoms with Gasteiger partial charge >= 0.3 is 5.69 Å². The van der Waals surface area contributed by atoms with E-state index in [4.69, 9.17) is 0 Å². The number of aromatic hydroxyl groups is 1. The van der Waals surface area contributed by atoms with Crippen LogP contribution < -0.4 is 0 Å². The maximum atomic E-state index is 13.0. The predicted molar refractivity (Wildman–Crippen MR) is 92.0 cm³/mol. The van der Waals surface area contributed by atoms with Crippen LogP contribution in [-0.2, 0) is 6.42 Å². The Bertz CT molecular complexity index is 962. The van der Waals surface area contributed by atoms with Gasteiger partial charge in [-0.15, -0.1) is 0 Å². The quantitative estimate of drug-likeness (QED) is 0.421. The molecule has 7 nitrogen and oxygen atoms in total. The lowest BCUT2D eigenvalue weighted by Gasteiger charge is -2.05. The fourth-order valence-corrected chi connectivity index (χ4v) is 2.75. The van der Waals surface area contributed by atoms with Crippen LogP contribution in [-0.4, -0.2) is 25.2 Å². The molecule has 0 radical (unpaired) electrons. The Hall–Kier alpha value is -3.22. The van der Waals surface area contributed by atoms with Crippen molar-refractivity contribution in [3.8, 4) is 5.75 Å². The van der Waals surface area contributed by atoms with Gasteiger partial charge in [-0.25, -0.2) is 4.98 Å². The number of hydrogen-bond donors (Lipinski definition) is 1. The van der Waals surface area contributed by atoms with E-state index in [9.17, 15) is 20.0 Å². The molecule has 0 aliphatic carbocycles. The minimum Gasteiger partial charge on any atom is -0.502 e. The van der Waals surface area contributed by atoms with Crippen molar-refractivity contribution in [1.29, 1.82) is 0 Å². The highest BCUT2D eigenvalue weighted by atomic mass is 16.6. The highest BCUT2D eigenvalue weighted by Crippen LogP contribution is 2.28. The number of nitrogens with zero attached hydrogens (tertiary/aromatic N) is 3. The monoisotopic (exact) mass is 339 g/mol. The second kappa shape index (κ2) is 6.72. The van der Waals surface area contributed by atoms with Crippen LogP contribution in [0.1, 0.15) is 41.5 Å². The highest BCUT2D eigenvalue weighted by Gasteiger charge is 2.23. The molecule has 0 unspecified atom stereocenters. The largest absolute Gasteiger partial charge is 0.502 e. The molecular weight excluding hydrogens is 322 g/mol. The zero-order valence-corrected chi connectivity index (χ0v) is 13.7. The summed E-state index contributed by atoms with van der Waals surface area (Å²) < 4.78 is 1.70. The lowest BCUT2D eigenvalue weighted by atomic mass is 10.0. The Morgan fingerprint density at radius 3 is 2.84 bits per heavy atom. The molecule has 1 N–H and O–H groups in total. The van der Waals surface area contributed by atoms with Crippen molar-refractivity contribution in [2.24, 2.45) is 0 Å². The number of carbonyl (C=O) groups excluding carboxylic acids is 1. The number of imidazole rings is 1. The van der Waals surface area contributed by atoms with Gasteiger partial charge in [-0.3, -0.25) is 19.3 Å². The van der Waals surface area contributed by atoms with Crippen LogP contribution in [0.3, 0.4) is 0 Å². The Balaban J connectivity index is 2.13. The summed E-state index contributed by atoms with van der Waals surface area (Å²) in [5, 5.41) is 20.6. The normalized spacial score (nSPS) is 10.9. The second-order valence-electron chi connectivity index (χ2n) is 5.73. The number of fused-ring (bicyclic) bond motifs is 1. The topological polar surface area (TPSA) is 97.7 Å². The lowest BCUT2D eigenvalue weighted by molar-refractivity contribution is -0.385. The van der Waals surface area contributed by atoms with E-state index in [1.807, 2.05) is 12.1 Å². The summed E-state index contributed by atoms with van der Waals surface area (Å²) in [7, 11) is 0. The summed E-state index contributed by atoms with van der Waals surface area (Å²) in [6, 6.07) is 9.10. The Kier molecular flexibility index (Phi) is 4.47. The molecule has 0 saturated heterocycles. The number of aromatic nitrogens is 2. The molecule has 2 aromatic heterocycles. The van der Waals surface area contributed by atoms with Crippen molar-refractivity contribution in [3.05, 3.63) is 69.7 Å². The summed E-state index contributed by atoms with van der Waals surface area (Å²) in [5.41, 5.74) is 1.39. The standard InChI is InChI=1S/C18H17N3O4/c1-2-3-6-13-17(20-10-5-4-7-16(20)19-13)18(23)12-8-9-15(22)14(11-12)21(24)25/h4-5,7-11,22H,2-3,6H2,1H3. The third-order valence-corrected chi connectivity index (χ3v) is 4.02. The first-order valence-corrected chi connectivity index (χ1v) is 8.01. The molecule has 0 spiro atoms. The van der Waals surface area contributed by atoms with Gasteiger partial charge in [-0.2, -0.15) is 0 Å². The number of aryl methyl sites for hydroxylation is 1. The van der Waals surface area contributed by atoms with Crippen molar-refractivity contribution in [3.63, 3.8) is 0 Å². The van der Waals surface area contributed by atoms with E-state index < -0.39 is 16.4 Å². The number of nitro groups is 1. The minimum absolute atomic E-state index is 0.146. The van der Waals surface area contributed by atoms with E-state index in [0.717, 1.165) is 18.9 Å². The molecule has 0 saturated carbocycles. The van der Waals surface area contributed by atoms with Crippen LogP contribution in [0.15, 0.2) is 42.6 Å². The van der Waals surface area contributed by atoms with Gasteiger partial charge in [0.05, 0.1) is 10.6 Å². The maximum absolute atomic E-state index is 13.0. The van der Waals surface area contributed by atoms with E-state index in [0.29, 0.717) is 23.5 Å². The molecule has 0 aliphatic rings. The van der Waals surface area contributed by atoms with E-state index in [-0.39, 0.29) is 11.3 Å². The van der Waals surface area contributed by atoms with Crippen molar-refractivity contribution < 1.29 is 14.8 Å². The summed E-state index contributed by atoms with van der Waals surface area (Å²) in [4.78, 5) is 27.9. The summed E-state index contributed by atoms with van der Waals surface area (Å²) in [6.07, 6.45) is 4.26. The molecule has 25 heavy (non-hydrogen) atoms. The number of ketones is 1. The summed E-state index contributed by atoms with van der Waals surface area (Å²) >= 11 is 0. The van der Waals surface area contributed by atoms with Gasteiger partial charge in [0.1, 0.15) is 11.3 Å². The number of phenolic OH excluding ortho intramolecular Hbond substituents is 1. The molecule has 0 atom stereocenters. The molecule has 0 amide bonds. The maximum Gasteiger partial charge on any atom is 0.311 e. The van der Waals surface area contributed by atoms with Gasteiger partial charge in [0.2, 0.25) is 5.78 Å². The van der Waals surface area contributed by atoms with Crippen LogP contribution >= 0.6 is 0 Å². The van der Waals surface area contributed by atoms with Gasteiger partial charge < -0.3 is 5.11 Å². The van der Waals surface area contributed by atoms with Crippen molar-refractivity contribution in [2.75, 3.05) is 0 Å². The molecule has 1 aromatic carbocycles. The number of nitro benzene ring substituents is 1. The Morgan fingerprint density at radius 1 is 1.32 bits per heavy atom. The first-order valence-electron chi connectivity index (χ1n) is 8.01. The van der Waals surface area contributed by atoms with Crippen LogP contribution in [0, 0.1) is 10.1 Å². The van der Waals surface area contributed by atoms with Gasteiger partial charge in [-0.1, -0.05) is 19.4 Å². The van der Waals surface area contributed by atoms with Crippen molar-refractivity contribution in [2.45, 2.75) is 26.2 Å². The predicted octanol–water partition coefficient (Wildman–Crippen LogP) is 3.52. The SMILES string of the molecule is CCCCc1nc2ccccn2c1C(=O)c1ccc(O)c([N+](=O)[O-])c1. The molecule has 0 bridgehead atoms. The Morgan fingerprint density at radius 2 is 2.12 bits per heavy atom. The lowest BCUT2D eigenvalue weighted by Crippen LogP contribution is -2.09. The number of pyridine rings is 1. The van der Waals surface area contributed by atoms with Crippen molar-refractivity contribution in [1.82, 2.24) is 9.38 Å². The molecule has 128 valence electrons. The smallest absolute Gasteiger partial charge is 0.311 e. The van der Waals surface area contributed by atoms with Crippen molar-refractivity contribution >= 4 is 17.1 Å². The zero-order valence-electron chi connectivity index (χ0n) is 13.7. The molecule has 7 heteroatoms. The summed E-state index contributed by atoms with van der Waals surface area (Å²) in [5.74, 6) is -0.821. The average Bonchev–Trinajstić information content (AvgIpc) is 2.97. The van der Waals surface area contributed by atoms with Crippen LogP contribution in [0.25, 0.3) is 5.65 Å². The third-order valence-electron chi connectivity index (χ3n) is 4.02. The van der Waals surface area contributed by atoms with Crippen LogP contribution in [0.4, 0.5) is 5.69 Å². The second-order valence-corrected chi connectivity index (χ2v) is 5.73. The van der Waals surface area contributed by atoms with Gasteiger partial charge in [0.25, 0.3) is 0 Å². The number of phenols is 1. The van der Waals surface area contributed by atoms with Crippen LogP contribution in [0.2, 0.25) is 0 Å². The highest BCUT2D eigenvalue weighted by molar-refractivity contribution is 6.09. The summed E-state index contributed by atoms with van der Waals surface area (Å²) in [6.45, 7) is 2.06.